The average molecular weight is 384 g/mol. The third kappa shape index (κ3) is 2.96. The van der Waals surface area contributed by atoms with Crippen molar-refractivity contribution < 1.29 is 4.74 Å². The van der Waals surface area contributed by atoms with E-state index >= 15 is 0 Å². The molecule has 0 unspecified atom stereocenters. The van der Waals surface area contributed by atoms with Crippen molar-refractivity contribution in [1.29, 1.82) is 0 Å². The molecule has 0 amide bonds. The van der Waals surface area contributed by atoms with Crippen LogP contribution in [0.2, 0.25) is 0 Å². The lowest BCUT2D eigenvalue weighted by molar-refractivity contribution is -0.0735. The lowest BCUT2D eigenvalue weighted by Gasteiger charge is -2.43. The van der Waals surface area contributed by atoms with Gasteiger partial charge in [-0.3, -0.25) is 0 Å². The zero-order chi connectivity index (χ0) is 17.4. The van der Waals surface area contributed by atoms with Crippen LogP contribution in [0.5, 0.6) is 0 Å². The van der Waals surface area contributed by atoms with Crippen LogP contribution in [0.25, 0.3) is 0 Å². The fourth-order valence-electron chi connectivity index (χ4n) is 4.00. The number of thiophene rings is 1. The van der Waals surface area contributed by atoms with Crippen LogP contribution in [-0.2, 0) is 23.2 Å². The van der Waals surface area contributed by atoms with E-state index in [1.807, 2.05) is 17.4 Å². The molecule has 26 heavy (non-hydrogen) atoms. The molecule has 0 N–H and O–H groups in total. The number of rotatable bonds is 3. The molecule has 2 aliphatic rings. The Bertz CT molecular complexity index is 881. The number of aromatic nitrogens is 2. The number of hydrogen-bond acceptors (Lipinski definition) is 6. The smallest absolute Gasteiger partial charge is 0.208 e. The summed E-state index contributed by atoms with van der Waals surface area (Å²) in [6.07, 6.45) is 3.99. The molecule has 1 aromatic carbocycles. The van der Waals surface area contributed by atoms with Crippen molar-refractivity contribution >= 4 is 27.8 Å². The standard InChI is InChI=1S/C20H21N3OS2/c1-2-4-15(5-3-1)14-17-21-22-19(26-17)23-10-8-20(9-11-23)18-16(6-12-24-20)7-13-25-18/h1-5,7,13H,6,8-12,14H2. The minimum absolute atomic E-state index is 0.0597. The Labute approximate surface area is 161 Å². The van der Waals surface area contributed by atoms with Crippen LogP contribution in [0.4, 0.5) is 5.13 Å². The second-order valence-electron chi connectivity index (χ2n) is 7.00. The highest BCUT2D eigenvalue weighted by Gasteiger charge is 2.42. The molecule has 1 fully saturated rings. The van der Waals surface area contributed by atoms with Crippen LogP contribution in [0, 0.1) is 0 Å². The van der Waals surface area contributed by atoms with Crippen LogP contribution < -0.4 is 4.90 Å². The average Bonchev–Trinajstić information content (AvgIpc) is 3.34. The van der Waals surface area contributed by atoms with Gasteiger partial charge in [-0.2, -0.15) is 0 Å². The van der Waals surface area contributed by atoms with Crippen molar-refractivity contribution in [1.82, 2.24) is 10.2 Å². The lowest BCUT2D eigenvalue weighted by Crippen LogP contribution is -2.46. The molecule has 2 aliphatic heterocycles. The maximum absolute atomic E-state index is 6.31. The summed E-state index contributed by atoms with van der Waals surface area (Å²) in [6.45, 7) is 2.82. The van der Waals surface area contributed by atoms with E-state index in [1.54, 1.807) is 11.3 Å². The minimum Gasteiger partial charge on any atom is -0.369 e. The van der Waals surface area contributed by atoms with Gasteiger partial charge in [-0.15, -0.1) is 21.5 Å². The zero-order valence-electron chi connectivity index (χ0n) is 14.6. The Morgan fingerprint density at radius 1 is 1.08 bits per heavy atom. The monoisotopic (exact) mass is 383 g/mol. The Morgan fingerprint density at radius 3 is 2.77 bits per heavy atom. The Morgan fingerprint density at radius 2 is 1.92 bits per heavy atom. The van der Waals surface area contributed by atoms with Crippen molar-refractivity contribution in [3.05, 3.63) is 62.8 Å². The number of benzene rings is 1. The van der Waals surface area contributed by atoms with E-state index in [2.05, 4.69) is 50.8 Å². The Kier molecular flexibility index (Phi) is 4.27. The zero-order valence-corrected chi connectivity index (χ0v) is 16.2. The second-order valence-corrected chi connectivity index (χ2v) is 8.95. The predicted molar refractivity (Wildman–Crippen MR) is 106 cm³/mol. The molecule has 4 nitrogen and oxygen atoms in total. The third-order valence-electron chi connectivity index (χ3n) is 5.41. The lowest BCUT2D eigenvalue weighted by atomic mass is 9.85. The fourth-order valence-corrected chi connectivity index (χ4v) is 6.09. The molecule has 5 rings (SSSR count). The molecule has 0 radical (unpaired) electrons. The molecule has 1 saturated heterocycles. The molecule has 0 saturated carbocycles. The normalized spacial score (nSPS) is 18.8. The van der Waals surface area contributed by atoms with Crippen LogP contribution in [-0.4, -0.2) is 29.9 Å². The number of hydrogen-bond donors (Lipinski definition) is 0. The van der Waals surface area contributed by atoms with E-state index in [0.717, 1.165) is 55.5 Å². The van der Waals surface area contributed by atoms with Gasteiger partial charge in [0.1, 0.15) is 10.6 Å². The largest absolute Gasteiger partial charge is 0.369 e. The Hall–Kier alpha value is -1.76. The van der Waals surface area contributed by atoms with Gasteiger partial charge in [0.2, 0.25) is 5.13 Å². The summed E-state index contributed by atoms with van der Waals surface area (Å²) in [7, 11) is 0. The second kappa shape index (κ2) is 6.76. The third-order valence-corrected chi connectivity index (χ3v) is 7.53. The SMILES string of the molecule is c1ccc(Cc2nnc(N3CCC4(CC3)OCCc3ccsc34)s2)cc1. The van der Waals surface area contributed by atoms with Gasteiger partial charge in [-0.1, -0.05) is 41.7 Å². The first-order valence-electron chi connectivity index (χ1n) is 9.14. The van der Waals surface area contributed by atoms with Crippen molar-refractivity contribution in [3.8, 4) is 0 Å². The van der Waals surface area contributed by atoms with E-state index in [4.69, 9.17) is 4.74 Å². The van der Waals surface area contributed by atoms with Gasteiger partial charge in [-0.05, 0) is 41.8 Å². The summed E-state index contributed by atoms with van der Waals surface area (Å²) in [4.78, 5) is 3.84. The summed E-state index contributed by atoms with van der Waals surface area (Å²) in [5, 5.41) is 13.2. The molecule has 1 spiro atoms. The van der Waals surface area contributed by atoms with E-state index in [-0.39, 0.29) is 5.60 Å². The van der Waals surface area contributed by atoms with Gasteiger partial charge in [0.15, 0.2) is 0 Å². The van der Waals surface area contributed by atoms with Crippen molar-refractivity contribution in [3.63, 3.8) is 0 Å². The number of ether oxygens (including phenoxy) is 1. The highest BCUT2D eigenvalue weighted by atomic mass is 32.1. The molecule has 6 heteroatoms. The highest BCUT2D eigenvalue weighted by Crippen LogP contribution is 2.44. The number of anilines is 1. The number of nitrogens with zero attached hydrogens (tertiary/aromatic N) is 3. The van der Waals surface area contributed by atoms with Crippen LogP contribution >= 0.6 is 22.7 Å². The Balaban J connectivity index is 1.28. The van der Waals surface area contributed by atoms with Gasteiger partial charge < -0.3 is 9.64 Å². The predicted octanol–water partition coefficient (Wildman–Crippen LogP) is 4.26. The maximum atomic E-state index is 6.31. The highest BCUT2D eigenvalue weighted by molar-refractivity contribution is 7.15. The number of fused-ring (bicyclic) bond motifs is 2. The van der Waals surface area contributed by atoms with Gasteiger partial charge in [0.05, 0.1) is 6.61 Å². The van der Waals surface area contributed by atoms with Crippen LogP contribution in [0.3, 0.4) is 0 Å². The van der Waals surface area contributed by atoms with Crippen molar-refractivity contribution in [2.75, 3.05) is 24.6 Å². The molecule has 0 aliphatic carbocycles. The topological polar surface area (TPSA) is 38.2 Å². The van der Waals surface area contributed by atoms with Crippen LogP contribution in [0.1, 0.15) is 33.9 Å². The summed E-state index contributed by atoms with van der Waals surface area (Å²) < 4.78 is 6.31. The number of piperidine rings is 1. The van der Waals surface area contributed by atoms with Crippen molar-refractivity contribution in [2.45, 2.75) is 31.3 Å². The van der Waals surface area contributed by atoms with Gasteiger partial charge in [0.25, 0.3) is 0 Å². The minimum atomic E-state index is -0.0597. The first kappa shape index (κ1) is 16.4. The molecule has 0 bridgehead atoms. The first-order valence-corrected chi connectivity index (χ1v) is 10.8. The summed E-state index contributed by atoms with van der Waals surface area (Å²) in [5.74, 6) is 0. The van der Waals surface area contributed by atoms with Gasteiger partial charge >= 0.3 is 0 Å². The molecule has 3 aromatic rings. The molecule has 4 heterocycles. The van der Waals surface area contributed by atoms with Gasteiger partial charge in [0, 0.05) is 24.4 Å². The van der Waals surface area contributed by atoms with Crippen LogP contribution in [0.15, 0.2) is 41.8 Å². The summed E-state index contributed by atoms with van der Waals surface area (Å²) >= 11 is 3.59. The van der Waals surface area contributed by atoms with E-state index < -0.39 is 0 Å². The van der Waals surface area contributed by atoms with E-state index in [9.17, 15) is 0 Å². The quantitative estimate of drug-likeness (QED) is 0.677. The van der Waals surface area contributed by atoms with E-state index in [1.165, 1.54) is 16.0 Å². The molecule has 134 valence electrons. The van der Waals surface area contributed by atoms with Gasteiger partial charge in [-0.25, -0.2) is 0 Å². The maximum Gasteiger partial charge on any atom is 0.208 e. The first-order chi connectivity index (χ1) is 12.8. The summed E-state index contributed by atoms with van der Waals surface area (Å²) in [6, 6.07) is 12.8. The molecule has 0 atom stereocenters. The summed E-state index contributed by atoms with van der Waals surface area (Å²) in [5.41, 5.74) is 2.72. The van der Waals surface area contributed by atoms with Crippen molar-refractivity contribution in [2.24, 2.45) is 0 Å². The molecular weight excluding hydrogens is 362 g/mol. The molecular formula is C20H21N3OS2. The molecule has 2 aromatic heterocycles. The van der Waals surface area contributed by atoms with E-state index in [0.29, 0.717) is 0 Å². The fraction of sp³-hybridized carbons (Fsp3) is 0.400.